The summed E-state index contributed by atoms with van der Waals surface area (Å²) >= 11 is 0. The van der Waals surface area contributed by atoms with Gasteiger partial charge >= 0.3 is 11.7 Å². The first kappa shape index (κ1) is 23.0. The van der Waals surface area contributed by atoms with E-state index >= 15 is 0 Å². The van der Waals surface area contributed by atoms with Gasteiger partial charge in [-0.2, -0.15) is 4.98 Å². The Kier molecular flexibility index (Phi) is 6.31. The summed E-state index contributed by atoms with van der Waals surface area (Å²) in [6, 6.07) is 8.61. The van der Waals surface area contributed by atoms with Crippen LogP contribution in [0.15, 0.2) is 35.1 Å². The molecule has 0 atom stereocenters. The molecular weight excluding hydrogens is 442 g/mol. The number of anilines is 2. The standard InChI is InChI=1S/C24H25N3O7/c1-30-18-8-13-6-7-27-17(14(13)9-19(18)31-2)12-22(26-24(27)29)25-16-11-21(33-4)20(32-3)10-15(16)23(28)34-5/h8-12H,6-7H2,1-5H3,(H,25,26,29). The van der Waals surface area contributed by atoms with Gasteiger partial charge in [0.25, 0.3) is 0 Å². The predicted octanol–water partition coefficient (Wildman–Crippen LogP) is 3.03. The van der Waals surface area contributed by atoms with E-state index in [2.05, 4.69) is 10.3 Å². The molecule has 0 fully saturated rings. The maximum Gasteiger partial charge on any atom is 0.350 e. The van der Waals surface area contributed by atoms with Crippen LogP contribution in [0.25, 0.3) is 11.3 Å². The molecule has 0 aliphatic carbocycles. The molecule has 34 heavy (non-hydrogen) atoms. The van der Waals surface area contributed by atoms with Crippen LogP contribution in [-0.2, 0) is 17.7 Å². The van der Waals surface area contributed by atoms with E-state index in [0.29, 0.717) is 47.3 Å². The summed E-state index contributed by atoms with van der Waals surface area (Å²) in [5, 5.41) is 3.07. The molecule has 0 spiro atoms. The zero-order chi connectivity index (χ0) is 24.4. The first-order valence-corrected chi connectivity index (χ1v) is 10.4. The van der Waals surface area contributed by atoms with E-state index in [9.17, 15) is 9.59 Å². The number of benzene rings is 2. The third-order valence-corrected chi connectivity index (χ3v) is 5.69. The van der Waals surface area contributed by atoms with Crippen molar-refractivity contribution in [2.75, 3.05) is 40.9 Å². The minimum absolute atomic E-state index is 0.201. The number of carbonyl (C=O) groups excluding carboxylic acids is 1. The molecule has 2 aromatic carbocycles. The molecule has 4 rings (SSSR count). The van der Waals surface area contributed by atoms with Crippen LogP contribution in [0.3, 0.4) is 0 Å². The lowest BCUT2D eigenvalue weighted by Gasteiger charge is -2.23. The smallest absolute Gasteiger partial charge is 0.350 e. The number of esters is 1. The van der Waals surface area contributed by atoms with Crippen molar-refractivity contribution >= 4 is 17.5 Å². The molecule has 178 valence electrons. The summed E-state index contributed by atoms with van der Waals surface area (Å²) < 4.78 is 28.0. The third-order valence-electron chi connectivity index (χ3n) is 5.69. The van der Waals surface area contributed by atoms with Gasteiger partial charge in [-0.25, -0.2) is 9.59 Å². The van der Waals surface area contributed by atoms with E-state index in [4.69, 9.17) is 23.7 Å². The van der Waals surface area contributed by atoms with Crippen molar-refractivity contribution in [1.82, 2.24) is 9.55 Å². The van der Waals surface area contributed by atoms with Crippen molar-refractivity contribution < 1.29 is 28.5 Å². The summed E-state index contributed by atoms with van der Waals surface area (Å²) in [5.74, 6) is 1.62. The van der Waals surface area contributed by atoms with Gasteiger partial charge in [0.15, 0.2) is 23.0 Å². The fourth-order valence-corrected chi connectivity index (χ4v) is 4.01. The number of nitrogens with one attached hydrogen (secondary N) is 1. The number of ether oxygens (including phenoxy) is 5. The number of hydrogen-bond acceptors (Lipinski definition) is 9. The van der Waals surface area contributed by atoms with Crippen molar-refractivity contribution in [1.29, 1.82) is 0 Å². The second-order valence-corrected chi connectivity index (χ2v) is 7.44. The van der Waals surface area contributed by atoms with Gasteiger partial charge in [0.05, 0.1) is 52.5 Å². The second-order valence-electron chi connectivity index (χ2n) is 7.44. The zero-order valence-corrected chi connectivity index (χ0v) is 19.6. The molecule has 1 aliphatic heterocycles. The molecule has 2 heterocycles. The van der Waals surface area contributed by atoms with Gasteiger partial charge < -0.3 is 29.0 Å². The first-order chi connectivity index (χ1) is 16.4. The molecule has 0 saturated carbocycles. The van der Waals surface area contributed by atoms with Gasteiger partial charge in [-0.1, -0.05) is 0 Å². The van der Waals surface area contributed by atoms with Gasteiger partial charge in [-0.05, 0) is 24.1 Å². The Hall–Kier alpha value is -4.21. The number of nitrogens with zero attached hydrogens (tertiary/aromatic N) is 2. The number of hydrogen-bond donors (Lipinski definition) is 1. The number of carbonyl (C=O) groups is 1. The van der Waals surface area contributed by atoms with Gasteiger partial charge in [0.1, 0.15) is 5.82 Å². The molecule has 1 N–H and O–H groups in total. The summed E-state index contributed by atoms with van der Waals surface area (Å²) in [7, 11) is 7.38. The lowest BCUT2D eigenvalue weighted by atomic mass is 9.97. The van der Waals surface area contributed by atoms with E-state index in [-0.39, 0.29) is 11.4 Å². The molecule has 0 radical (unpaired) electrons. The average molecular weight is 467 g/mol. The SMILES string of the molecule is COC(=O)c1cc(OC)c(OC)cc1Nc1cc2n(c(=O)n1)CCc1cc(OC)c(OC)cc1-2. The molecule has 10 heteroatoms. The summed E-state index contributed by atoms with van der Waals surface area (Å²) in [5.41, 5.74) is 2.67. The van der Waals surface area contributed by atoms with Gasteiger partial charge in [-0.15, -0.1) is 0 Å². The maximum absolute atomic E-state index is 12.9. The van der Waals surface area contributed by atoms with Crippen molar-refractivity contribution in [3.8, 4) is 34.3 Å². The van der Waals surface area contributed by atoms with Crippen LogP contribution in [0.2, 0.25) is 0 Å². The highest BCUT2D eigenvalue weighted by atomic mass is 16.5. The van der Waals surface area contributed by atoms with Crippen LogP contribution in [0.5, 0.6) is 23.0 Å². The summed E-state index contributed by atoms with van der Waals surface area (Å²) in [6.45, 7) is 0.480. The minimum atomic E-state index is -0.583. The van der Waals surface area contributed by atoms with Crippen molar-refractivity contribution in [2.45, 2.75) is 13.0 Å². The molecule has 0 unspecified atom stereocenters. The molecule has 1 aromatic heterocycles. The molecule has 10 nitrogen and oxygen atoms in total. The van der Waals surface area contributed by atoms with Crippen LogP contribution >= 0.6 is 0 Å². The van der Waals surface area contributed by atoms with Crippen LogP contribution in [0.1, 0.15) is 15.9 Å². The highest BCUT2D eigenvalue weighted by molar-refractivity contribution is 5.97. The lowest BCUT2D eigenvalue weighted by molar-refractivity contribution is 0.0601. The molecule has 3 aromatic rings. The maximum atomic E-state index is 12.9. The fourth-order valence-electron chi connectivity index (χ4n) is 4.01. The topological polar surface area (TPSA) is 110 Å². The average Bonchev–Trinajstić information content (AvgIpc) is 2.86. The zero-order valence-electron chi connectivity index (χ0n) is 19.6. The van der Waals surface area contributed by atoms with Crippen LogP contribution in [0, 0.1) is 0 Å². The Morgan fingerprint density at radius 3 is 2.15 bits per heavy atom. The minimum Gasteiger partial charge on any atom is -0.493 e. The van der Waals surface area contributed by atoms with Gasteiger partial charge in [0.2, 0.25) is 0 Å². The predicted molar refractivity (Wildman–Crippen MR) is 125 cm³/mol. The number of aromatic nitrogens is 2. The molecule has 0 bridgehead atoms. The van der Waals surface area contributed by atoms with E-state index in [1.165, 1.54) is 27.4 Å². The Morgan fingerprint density at radius 1 is 0.882 bits per heavy atom. The highest BCUT2D eigenvalue weighted by Crippen LogP contribution is 2.39. The van der Waals surface area contributed by atoms with E-state index < -0.39 is 11.7 Å². The summed E-state index contributed by atoms with van der Waals surface area (Å²) in [6.07, 6.45) is 0.652. The highest BCUT2D eigenvalue weighted by Gasteiger charge is 2.23. The molecule has 1 aliphatic rings. The number of aryl methyl sites for hydroxylation is 1. The van der Waals surface area contributed by atoms with Gasteiger partial charge in [0, 0.05) is 30.3 Å². The van der Waals surface area contributed by atoms with E-state index in [1.807, 2.05) is 12.1 Å². The largest absolute Gasteiger partial charge is 0.493 e. The monoisotopic (exact) mass is 467 g/mol. The lowest BCUT2D eigenvalue weighted by Crippen LogP contribution is -2.29. The number of rotatable bonds is 7. The quantitative estimate of drug-likeness (QED) is 0.524. The van der Waals surface area contributed by atoms with Crippen molar-refractivity contribution in [2.24, 2.45) is 0 Å². The van der Waals surface area contributed by atoms with Crippen molar-refractivity contribution in [3.63, 3.8) is 0 Å². The number of fused-ring (bicyclic) bond motifs is 3. The third kappa shape index (κ3) is 3.98. The Bertz CT molecular complexity index is 1320. The van der Waals surface area contributed by atoms with Gasteiger partial charge in [-0.3, -0.25) is 4.57 Å². The van der Waals surface area contributed by atoms with Crippen LogP contribution in [0.4, 0.5) is 11.5 Å². The van der Waals surface area contributed by atoms with Crippen LogP contribution < -0.4 is 30.0 Å². The second kappa shape index (κ2) is 9.34. The van der Waals surface area contributed by atoms with E-state index in [0.717, 1.165) is 11.1 Å². The fraction of sp³-hybridized carbons (Fsp3) is 0.292. The molecular formula is C24H25N3O7. The Labute approximate surface area is 196 Å². The Balaban J connectivity index is 1.83. The number of methoxy groups -OCH3 is 5. The van der Waals surface area contributed by atoms with E-state index in [1.54, 1.807) is 30.9 Å². The first-order valence-electron chi connectivity index (χ1n) is 10.4. The normalized spacial score (nSPS) is 11.7. The Morgan fingerprint density at radius 2 is 1.50 bits per heavy atom. The van der Waals surface area contributed by atoms with Crippen molar-refractivity contribution in [3.05, 3.63) is 51.9 Å². The summed E-state index contributed by atoms with van der Waals surface area (Å²) in [4.78, 5) is 29.5. The molecule has 0 amide bonds. The molecule has 0 saturated heterocycles. The van der Waals surface area contributed by atoms with Crippen LogP contribution in [-0.4, -0.2) is 51.1 Å².